The largest absolute Gasteiger partial charge is 0.454 e. The second kappa shape index (κ2) is 7.85. The van der Waals surface area contributed by atoms with Gasteiger partial charge in [-0.25, -0.2) is 8.42 Å². The molecule has 0 atom stereocenters. The van der Waals surface area contributed by atoms with Gasteiger partial charge in [0.15, 0.2) is 11.5 Å². The summed E-state index contributed by atoms with van der Waals surface area (Å²) in [4.78, 5) is 12.8. The van der Waals surface area contributed by atoms with Crippen molar-refractivity contribution in [2.45, 2.75) is 24.7 Å². The Bertz CT molecular complexity index is 1050. The standard InChI is InChI=1S/C20H21ClN2O5S/c1-13-6-8-23(9-7-13)29(25,26)15-3-4-17(21)16(11-15)20(24)22-14-2-5-18-19(10-14)28-12-27-18/h2-5,10-11,13H,6-9,12H2,1H3,(H,22,24). The number of nitrogens with one attached hydrogen (secondary N) is 1. The normalized spacial score (nSPS) is 17.3. The molecule has 1 fully saturated rings. The van der Waals surface area contributed by atoms with E-state index in [2.05, 4.69) is 12.2 Å². The molecule has 1 amide bonds. The van der Waals surface area contributed by atoms with E-state index in [1.807, 2.05) is 0 Å². The first-order valence-electron chi connectivity index (χ1n) is 9.35. The maximum absolute atomic E-state index is 13.0. The lowest BCUT2D eigenvalue weighted by Crippen LogP contribution is -2.37. The fourth-order valence-electron chi connectivity index (χ4n) is 3.39. The van der Waals surface area contributed by atoms with Gasteiger partial charge in [0.2, 0.25) is 16.8 Å². The highest BCUT2D eigenvalue weighted by atomic mass is 35.5. The number of fused-ring (bicyclic) bond motifs is 1. The maximum Gasteiger partial charge on any atom is 0.257 e. The predicted molar refractivity (Wildman–Crippen MR) is 109 cm³/mol. The summed E-state index contributed by atoms with van der Waals surface area (Å²) < 4.78 is 38.0. The van der Waals surface area contributed by atoms with Gasteiger partial charge in [0.05, 0.1) is 15.5 Å². The van der Waals surface area contributed by atoms with Crippen molar-refractivity contribution >= 4 is 33.2 Å². The SMILES string of the molecule is CC1CCN(S(=O)(=O)c2ccc(Cl)c(C(=O)Nc3ccc4c(c3)OCO4)c2)CC1. The molecule has 2 aliphatic heterocycles. The highest BCUT2D eigenvalue weighted by Crippen LogP contribution is 2.34. The number of carbonyl (C=O) groups is 1. The number of anilines is 1. The van der Waals surface area contributed by atoms with E-state index in [-0.39, 0.29) is 22.3 Å². The summed E-state index contributed by atoms with van der Waals surface area (Å²) in [6.45, 7) is 3.20. The summed E-state index contributed by atoms with van der Waals surface area (Å²) in [5.74, 6) is 1.14. The number of ether oxygens (including phenoxy) is 2. The zero-order chi connectivity index (χ0) is 20.6. The van der Waals surface area contributed by atoms with Crippen LogP contribution >= 0.6 is 11.6 Å². The van der Waals surface area contributed by atoms with Gasteiger partial charge in [-0.2, -0.15) is 4.31 Å². The number of sulfonamides is 1. The Morgan fingerprint density at radius 2 is 1.83 bits per heavy atom. The summed E-state index contributed by atoms with van der Waals surface area (Å²) in [6.07, 6.45) is 1.65. The summed E-state index contributed by atoms with van der Waals surface area (Å²) in [5, 5.41) is 2.90. The minimum absolute atomic E-state index is 0.0623. The first-order valence-corrected chi connectivity index (χ1v) is 11.2. The fraction of sp³-hybridized carbons (Fsp3) is 0.350. The number of hydrogen-bond donors (Lipinski definition) is 1. The van der Waals surface area contributed by atoms with E-state index in [4.69, 9.17) is 21.1 Å². The molecule has 154 valence electrons. The molecule has 2 aromatic carbocycles. The van der Waals surface area contributed by atoms with Gasteiger partial charge in [0.25, 0.3) is 5.91 Å². The summed E-state index contributed by atoms with van der Waals surface area (Å²) >= 11 is 6.19. The summed E-state index contributed by atoms with van der Waals surface area (Å²) in [7, 11) is -3.68. The lowest BCUT2D eigenvalue weighted by atomic mass is 10.0. The third-order valence-corrected chi connectivity index (χ3v) is 7.42. The number of benzene rings is 2. The molecule has 0 aromatic heterocycles. The second-order valence-electron chi connectivity index (χ2n) is 7.25. The average Bonchev–Trinajstić information content (AvgIpc) is 3.16. The Labute approximate surface area is 174 Å². The average molecular weight is 437 g/mol. The molecule has 0 radical (unpaired) electrons. The van der Waals surface area contributed by atoms with Crippen molar-refractivity contribution in [3.05, 3.63) is 47.0 Å². The van der Waals surface area contributed by atoms with Crippen LogP contribution in [0.4, 0.5) is 5.69 Å². The van der Waals surface area contributed by atoms with Crippen LogP contribution in [-0.2, 0) is 10.0 Å². The van der Waals surface area contributed by atoms with Crippen LogP contribution in [0.1, 0.15) is 30.1 Å². The van der Waals surface area contributed by atoms with E-state index in [0.29, 0.717) is 36.2 Å². The summed E-state index contributed by atoms with van der Waals surface area (Å²) in [5.41, 5.74) is 0.587. The minimum atomic E-state index is -3.68. The quantitative estimate of drug-likeness (QED) is 0.789. The highest BCUT2D eigenvalue weighted by molar-refractivity contribution is 7.89. The third-order valence-electron chi connectivity index (χ3n) is 5.19. The molecule has 2 aromatic rings. The number of nitrogens with zero attached hydrogens (tertiary/aromatic N) is 1. The van der Waals surface area contributed by atoms with E-state index in [1.54, 1.807) is 18.2 Å². The number of piperidine rings is 1. The Morgan fingerprint density at radius 3 is 2.59 bits per heavy atom. The molecule has 1 saturated heterocycles. The first-order chi connectivity index (χ1) is 13.8. The van der Waals surface area contributed by atoms with Gasteiger partial charge in [0.1, 0.15) is 0 Å². The molecule has 0 unspecified atom stereocenters. The Kier molecular flexibility index (Phi) is 5.42. The van der Waals surface area contributed by atoms with Crippen LogP contribution in [-0.4, -0.2) is 38.5 Å². The molecule has 1 N–H and O–H groups in total. The fourth-order valence-corrected chi connectivity index (χ4v) is 5.09. The number of amides is 1. The zero-order valence-electron chi connectivity index (χ0n) is 15.9. The molecule has 29 heavy (non-hydrogen) atoms. The van der Waals surface area contributed by atoms with E-state index in [9.17, 15) is 13.2 Å². The van der Waals surface area contributed by atoms with Crippen molar-refractivity contribution in [1.29, 1.82) is 0 Å². The van der Waals surface area contributed by atoms with Gasteiger partial charge >= 0.3 is 0 Å². The first kappa shape index (κ1) is 20.0. The minimum Gasteiger partial charge on any atom is -0.454 e. The topological polar surface area (TPSA) is 84.9 Å². The lowest BCUT2D eigenvalue weighted by Gasteiger charge is -2.29. The molecule has 4 rings (SSSR count). The van der Waals surface area contributed by atoms with Crippen molar-refractivity contribution in [3.8, 4) is 11.5 Å². The van der Waals surface area contributed by atoms with Gasteiger partial charge in [-0.05, 0) is 49.1 Å². The molecule has 2 aliphatic rings. The number of halogens is 1. The molecular weight excluding hydrogens is 416 g/mol. The van der Waals surface area contributed by atoms with Crippen molar-refractivity contribution < 1.29 is 22.7 Å². The van der Waals surface area contributed by atoms with Crippen molar-refractivity contribution in [1.82, 2.24) is 4.31 Å². The molecule has 9 heteroatoms. The van der Waals surface area contributed by atoms with Crippen LogP contribution in [0.5, 0.6) is 11.5 Å². The number of carbonyl (C=O) groups excluding carboxylic acids is 1. The number of hydrogen-bond acceptors (Lipinski definition) is 5. The van der Waals surface area contributed by atoms with E-state index < -0.39 is 15.9 Å². The van der Waals surface area contributed by atoms with Crippen LogP contribution in [0.3, 0.4) is 0 Å². The molecule has 2 heterocycles. The maximum atomic E-state index is 13.0. The van der Waals surface area contributed by atoms with Crippen molar-refractivity contribution in [3.63, 3.8) is 0 Å². The lowest BCUT2D eigenvalue weighted by molar-refractivity contribution is 0.102. The van der Waals surface area contributed by atoms with Crippen LogP contribution in [0, 0.1) is 5.92 Å². The monoisotopic (exact) mass is 436 g/mol. The Hall–Kier alpha value is -2.29. The smallest absolute Gasteiger partial charge is 0.257 e. The second-order valence-corrected chi connectivity index (χ2v) is 9.60. The van der Waals surface area contributed by atoms with Crippen molar-refractivity contribution in [2.24, 2.45) is 5.92 Å². The molecule has 7 nitrogen and oxygen atoms in total. The van der Waals surface area contributed by atoms with E-state index in [0.717, 1.165) is 12.8 Å². The molecule has 0 aliphatic carbocycles. The summed E-state index contributed by atoms with van der Waals surface area (Å²) in [6, 6.07) is 9.22. The van der Waals surface area contributed by atoms with Crippen molar-refractivity contribution in [2.75, 3.05) is 25.2 Å². The zero-order valence-corrected chi connectivity index (χ0v) is 17.4. The van der Waals surface area contributed by atoms with Gasteiger partial charge in [-0.3, -0.25) is 4.79 Å². The van der Waals surface area contributed by atoms with Crippen LogP contribution in [0.25, 0.3) is 0 Å². The Balaban J connectivity index is 1.57. The van der Waals surface area contributed by atoms with Crippen LogP contribution < -0.4 is 14.8 Å². The molecule has 0 bridgehead atoms. The van der Waals surface area contributed by atoms with Gasteiger partial charge in [-0.15, -0.1) is 0 Å². The third kappa shape index (κ3) is 4.05. The van der Waals surface area contributed by atoms with E-state index >= 15 is 0 Å². The molecular formula is C20H21ClN2O5S. The molecule has 0 saturated carbocycles. The number of rotatable bonds is 4. The van der Waals surface area contributed by atoms with Crippen LogP contribution in [0.2, 0.25) is 5.02 Å². The van der Waals surface area contributed by atoms with Gasteiger partial charge in [-0.1, -0.05) is 18.5 Å². The van der Waals surface area contributed by atoms with E-state index in [1.165, 1.54) is 22.5 Å². The Morgan fingerprint density at radius 1 is 1.10 bits per heavy atom. The van der Waals surface area contributed by atoms with Crippen LogP contribution in [0.15, 0.2) is 41.3 Å². The highest BCUT2D eigenvalue weighted by Gasteiger charge is 2.29. The van der Waals surface area contributed by atoms with Gasteiger partial charge in [0, 0.05) is 24.8 Å². The van der Waals surface area contributed by atoms with Gasteiger partial charge < -0.3 is 14.8 Å². The molecule has 0 spiro atoms. The predicted octanol–water partition coefficient (Wildman–Crippen LogP) is 3.74.